The van der Waals surface area contributed by atoms with Gasteiger partial charge in [-0.3, -0.25) is 0 Å². The average Bonchev–Trinajstić information content (AvgIpc) is 2.58. The summed E-state index contributed by atoms with van der Waals surface area (Å²) in [5.41, 5.74) is 2.34. The number of aryl methyl sites for hydroxylation is 1. The third-order valence-electron chi connectivity index (χ3n) is 2.93. The third-order valence-corrected chi connectivity index (χ3v) is 2.93. The van der Waals surface area contributed by atoms with E-state index in [0.717, 1.165) is 29.9 Å². The maximum atomic E-state index is 9.75. The van der Waals surface area contributed by atoms with Crippen LogP contribution >= 0.6 is 0 Å². The summed E-state index contributed by atoms with van der Waals surface area (Å²) in [5, 5.41) is 9.75. The first-order valence-electron chi connectivity index (χ1n) is 5.43. The minimum absolute atomic E-state index is 0.366. The van der Waals surface area contributed by atoms with Gasteiger partial charge in [-0.15, -0.1) is 0 Å². The topological polar surface area (TPSA) is 33.4 Å². The van der Waals surface area contributed by atoms with Crippen molar-refractivity contribution in [3.63, 3.8) is 0 Å². The molecule has 1 unspecified atom stereocenters. The van der Waals surface area contributed by atoms with Crippen molar-refractivity contribution in [2.45, 2.75) is 52.1 Å². The SMILES string of the molecule is CC(C)c1oc2c(c1C(C)O)CCC2. The van der Waals surface area contributed by atoms with Gasteiger partial charge < -0.3 is 9.52 Å². The van der Waals surface area contributed by atoms with Gasteiger partial charge in [0.2, 0.25) is 0 Å². The van der Waals surface area contributed by atoms with E-state index in [1.807, 2.05) is 6.92 Å². The minimum atomic E-state index is -0.391. The summed E-state index contributed by atoms with van der Waals surface area (Å²) in [6, 6.07) is 0. The van der Waals surface area contributed by atoms with Crippen molar-refractivity contribution in [2.75, 3.05) is 0 Å². The Kier molecular flexibility index (Phi) is 2.40. The number of hydrogen-bond donors (Lipinski definition) is 1. The summed E-state index contributed by atoms with van der Waals surface area (Å²) in [6.07, 6.45) is 2.90. The fourth-order valence-electron chi connectivity index (χ4n) is 2.34. The predicted octanol–water partition coefficient (Wildman–Crippen LogP) is 2.95. The highest BCUT2D eigenvalue weighted by molar-refractivity contribution is 5.39. The van der Waals surface area contributed by atoms with Crippen LogP contribution in [0.15, 0.2) is 4.42 Å². The summed E-state index contributed by atoms with van der Waals surface area (Å²) in [6.45, 7) is 6.05. The smallest absolute Gasteiger partial charge is 0.112 e. The largest absolute Gasteiger partial charge is 0.465 e. The molecule has 78 valence electrons. The molecular formula is C12H18O2. The molecule has 0 radical (unpaired) electrons. The first-order valence-corrected chi connectivity index (χ1v) is 5.43. The Labute approximate surface area is 84.9 Å². The summed E-state index contributed by atoms with van der Waals surface area (Å²) in [4.78, 5) is 0. The standard InChI is InChI=1S/C12H18O2/c1-7(2)12-11(8(3)13)9-5-4-6-10(9)14-12/h7-8,13H,4-6H2,1-3H3. The van der Waals surface area contributed by atoms with E-state index in [1.165, 1.54) is 12.0 Å². The van der Waals surface area contributed by atoms with Crippen LogP contribution in [0.25, 0.3) is 0 Å². The number of hydrogen-bond acceptors (Lipinski definition) is 2. The maximum Gasteiger partial charge on any atom is 0.112 e. The van der Waals surface area contributed by atoms with Gasteiger partial charge in [0, 0.05) is 17.9 Å². The molecule has 1 aliphatic rings. The van der Waals surface area contributed by atoms with Crippen molar-refractivity contribution in [3.05, 3.63) is 22.6 Å². The Morgan fingerprint density at radius 1 is 1.21 bits per heavy atom. The molecule has 0 fully saturated rings. The van der Waals surface area contributed by atoms with E-state index >= 15 is 0 Å². The van der Waals surface area contributed by atoms with Crippen molar-refractivity contribution in [2.24, 2.45) is 0 Å². The second kappa shape index (κ2) is 3.43. The molecule has 2 nitrogen and oxygen atoms in total. The lowest BCUT2D eigenvalue weighted by Gasteiger charge is -2.09. The third kappa shape index (κ3) is 1.38. The maximum absolute atomic E-state index is 9.75. The normalized spacial score (nSPS) is 17.5. The molecule has 0 spiro atoms. The molecule has 1 aromatic rings. The molecular weight excluding hydrogens is 176 g/mol. The zero-order valence-electron chi connectivity index (χ0n) is 9.13. The number of aliphatic hydroxyl groups is 1. The van der Waals surface area contributed by atoms with Gasteiger partial charge >= 0.3 is 0 Å². The second-order valence-corrected chi connectivity index (χ2v) is 4.47. The van der Waals surface area contributed by atoms with E-state index < -0.39 is 6.10 Å². The lowest BCUT2D eigenvalue weighted by atomic mass is 9.99. The van der Waals surface area contributed by atoms with E-state index in [1.54, 1.807) is 0 Å². The molecule has 1 aliphatic carbocycles. The van der Waals surface area contributed by atoms with Gasteiger partial charge in [-0.2, -0.15) is 0 Å². The van der Waals surface area contributed by atoms with Crippen LogP contribution in [0.3, 0.4) is 0 Å². The van der Waals surface area contributed by atoms with Crippen LogP contribution in [-0.4, -0.2) is 5.11 Å². The Hall–Kier alpha value is -0.760. The summed E-state index contributed by atoms with van der Waals surface area (Å²) in [7, 11) is 0. The van der Waals surface area contributed by atoms with E-state index in [9.17, 15) is 5.11 Å². The Balaban J connectivity index is 2.51. The summed E-state index contributed by atoms with van der Waals surface area (Å²) < 4.78 is 5.82. The Morgan fingerprint density at radius 2 is 1.93 bits per heavy atom. The molecule has 1 atom stereocenters. The molecule has 2 rings (SSSR count). The average molecular weight is 194 g/mol. The highest BCUT2D eigenvalue weighted by Crippen LogP contribution is 2.37. The highest BCUT2D eigenvalue weighted by atomic mass is 16.3. The van der Waals surface area contributed by atoms with Crippen molar-refractivity contribution in [1.82, 2.24) is 0 Å². The molecule has 0 aromatic carbocycles. The molecule has 1 aromatic heterocycles. The number of aliphatic hydroxyl groups excluding tert-OH is 1. The quantitative estimate of drug-likeness (QED) is 0.785. The van der Waals surface area contributed by atoms with Gasteiger partial charge in [0.05, 0.1) is 6.10 Å². The molecule has 0 amide bonds. The summed E-state index contributed by atoms with van der Waals surface area (Å²) >= 11 is 0. The first kappa shape index (κ1) is 9.78. The predicted molar refractivity (Wildman–Crippen MR) is 55.5 cm³/mol. The molecule has 0 saturated carbocycles. The van der Waals surface area contributed by atoms with E-state index in [4.69, 9.17) is 4.42 Å². The van der Waals surface area contributed by atoms with Gasteiger partial charge in [0.25, 0.3) is 0 Å². The molecule has 2 heteroatoms. The number of rotatable bonds is 2. The van der Waals surface area contributed by atoms with E-state index in [2.05, 4.69) is 13.8 Å². The van der Waals surface area contributed by atoms with Crippen LogP contribution in [-0.2, 0) is 12.8 Å². The van der Waals surface area contributed by atoms with Crippen LogP contribution in [0, 0.1) is 0 Å². The highest BCUT2D eigenvalue weighted by Gasteiger charge is 2.27. The van der Waals surface area contributed by atoms with Crippen LogP contribution in [0.5, 0.6) is 0 Å². The molecule has 0 bridgehead atoms. The van der Waals surface area contributed by atoms with E-state index in [-0.39, 0.29) is 0 Å². The van der Waals surface area contributed by atoms with Crippen LogP contribution in [0.2, 0.25) is 0 Å². The zero-order chi connectivity index (χ0) is 10.3. The second-order valence-electron chi connectivity index (χ2n) is 4.47. The van der Waals surface area contributed by atoms with Gasteiger partial charge in [0.15, 0.2) is 0 Å². The van der Waals surface area contributed by atoms with Gasteiger partial charge in [-0.25, -0.2) is 0 Å². The monoisotopic (exact) mass is 194 g/mol. The van der Waals surface area contributed by atoms with Crippen molar-refractivity contribution >= 4 is 0 Å². The van der Waals surface area contributed by atoms with Crippen LogP contribution in [0.4, 0.5) is 0 Å². The molecule has 0 aliphatic heterocycles. The fourth-order valence-corrected chi connectivity index (χ4v) is 2.34. The Bertz CT molecular complexity index is 334. The molecule has 0 saturated heterocycles. The van der Waals surface area contributed by atoms with Crippen molar-refractivity contribution in [3.8, 4) is 0 Å². The fraction of sp³-hybridized carbons (Fsp3) is 0.667. The van der Waals surface area contributed by atoms with Gasteiger partial charge in [-0.05, 0) is 25.3 Å². The lowest BCUT2D eigenvalue weighted by Crippen LogP contribution is -1.99. The zero-order valence-corrected chi connectivity index (χ0v) is 9.13. The first-order chi connectivity index (χ1) is 6.61. The lowest BCUT2D eigenvalue weighted by molar-refractivity contribution is 0.194. The van der Waals surface area contributed by atoms with E-state index in [0.29, 0.717) is 5.92 Å². The molecule has 1 heterocycles. The van der Waals surface area contributed by atoms with Crippen LogP contribution < -0.4 is 0 Å². The Morgan fingerprint density at radius 3 is 2.50 bits per heavy atom. The van der Waals surface area contributed by atoms with Gasteiger partial charge in [-0.1, -0.05) is 13.8 Å². The summed E-state index contributed by atoms with van der Waals surface area (Å²) in [5.74, 6) is 2.47. The molecule has 1 N–H and O–H groups in total. The van der Waals surface area contributed by atoms with Crippen LogP contribution in [0.1, 0.15) is 61.9 Å². The van der Waals surface area contributed by atoms with Crippen molar-refractivity contribution in [1.29, 1.82) is 0 Å². The van der Waals surface area contributed by atoms with Gasteiger partial charge in [0.1, 0.15) is 11.5 Å². The minimum Gasteiger partial charge on any atom is -0.465 e. The number of furan rings is 1. The number of fused-ring (bicyclic) bond motifs is 1. The molecule has 14 heavy (non-hydrogen) atoms. The van der Waals surface area contributed by atoms with Crippen molar-refractivity contribution < 1.29 is 9.52 Å².